The van der Waals surface area contributed by atoms with Crippen LogP contribution in [0.3, 0.4) is 0 Å². The number of fused-ring (bicyclic) bond motifs is 1. The van der Waals surface area contributed by atoms with Crippen LogP contribution < -0.4 is 5.32 Å². The molecule has 1 aliphatic rings. The summed E-state index contributed by atoms with van der Waals surface area (Å²) in [5, 5.41) is 11.8. The third-order valence-electron chi connectivity index (χ3n) is 5.02. The Hall–Kier alpha value is -2.60. The molecule has 2 heterocycles. The van der Waals surface area contributed by atoms with Gasteiger partial charge in [-0.3, -0.25) is 4.79 Å². The minimum absolute atomic E-state index is 0.104. The zero-order valence-electron chi connectivity index (χ0n) is 16.0. The molecule has 1 aliphatic heterocycles. The number of thioether (sulfide) groups is 1. The number of anilines is 1. The van der Waals surface area contributed by atoms with Gasteiger partial charge in [0.1, 0.15) is 5.82 Å². The molecular formula is C22H24N4OS. The largest absolute Gasteiger partial charge is 0.322 e. The number of aromatic nitrogens is 3. The lowest BCUT2D eigenvalue weighted by molar-refractivity contribution is 0.102. The number of carbonyl (C=O) groups excluding carboxylic acids is 1. The number of rotatable bonds is 5. The van der Waals surface area contributed by atoms with E-state index in [0.29, 0.717) is 5.56 Å². The van der Waals surface area contributed by atoms with Gasteiger partial charge in [-0.2, -0.15) is 11.8 Å². The SMILES string of the molecule is CSCc1ccc(C(=O)Nc2cccc(-c3nnc4n3CCCCC4)c2)cc1. The molecule has 28 heavy (non-hydrogen) atoms. The highest BCUT2D eigenvalue weighted by atomic mass is 32.2. The van der Waals surface area contributed by atoms with E-state index in [2.05, 4.69) is 26.3 Å². The molecule has 3 aromatic rings. The maximum Gasteiger partial charge on any atom is 0.255 e. The maximum atomic E-state index is 12.6. The monoisotopic (exact) mass is 392 g/mol. The summed E-state index contributed by atoms with van der Waals surface area (Å²) in [7, 11) is 0. The van der Waals surface area contributed by atoms with Crippen LogP contribution in [0.5, 0.6) is 0 Å². The predicted molar refractivity (Wildman–Crippen MR) is 115 cm³/mol. The van der Waals surface area contributed by atoms with Crippen molar-refractivity contribution in [1.82, 2.24) is 14.8 Å². The Morgan fingerprint density at radius 3 is 2.79 bits per heavy atom. The van der Waals surface area contributed by atoms with Crippen LogP contribution >= 0.6 is 11.8 Å². The van der Waals surface area contributed by atoms with Gasteiger partial charge in [0.25, 0.3) is 5.91 Å². The molecule has 1 N–H and O–H groups in total. The van der Waals surface area contributed by atoms with Crippen LogP contribution in [-0.2, 0) is 18.7 Å². The Labute approximate surface area is 169 Å². The molecule has 0 radical (unpaired) electrons. The molecule has 0 unspecified atom stereocenters. The van der Waals surface area contributed by atoms with Crippen LogP contribution in [0.25, 0.3) is 11.4 Å². The van der Waals surface area contributed by atoms with E-state index in [1.807, 2.05) is 48.5 Å². The van der Waals surface area contributed by atoms with Gasteiger partial charge in [-0.05, 0) is 48.9 Å². The quantitative estimate of drug-likeness (QED) is 0.678. The zero-order chi connectivity index (χ0) is 19.3. The van der Waals surface area contributed by atoms with E-state index in [1.165, 1.54) is 18.4 Å². The minimum atomic E-state index is -0.104. The fourth-order valence-corrected chi connectivity index (χ4v) is 4.08. The van der Waals surface area contributed by atoms with Crippen LogP contribution in [0.4, 0.5) is 5.69 Å². The molecule has 1 aromatic heterocycles. The summed E-state index contributed by atoms with van der Waals surface area (Å²) in [5.41, 5.74) is 3.63. The minimum Gasteiger partial charge on any atom is -0.322 e. The average molecular weight is 393 g/mol. The lowest BCUT2D eigenvalue weighted by atomic mass is 10.1. The first-order valence-electron chi connectivity index (χ1n) is 9.66. The molecular weight excluding hydrogens is 368 g/mol. The topological polar surface area (TPSA) is 59.8 Å². The molecule has 1 amide bonds. The van der Waals surface area contributed by atoms with Crippen molar-refractivity contribution >= 4 is 23.4 Å². The number of hydrogen-bond acceptors (Lipinski definition) is 4. The number of benzene rings is 2. The lowest BCUT2D eigenvalue weighted by Gasteiger charge is -2.10. The van der Waals surface area contributed by atoms with Crippen molar-refractivity contribution in [1.29, 1.82) is 0 Å². The second-order valence-electron chi connectivity index (χ2n) is 7.07. The maximum absolute atomic E-state index is 12.6. The number of hydrogen-bond donors (Lipinski definition) is 1. The van der Waals surface area contributed by atoms with E-state index < -0.39 is 0 Å². The third-order valence-corrected chi connectivity index (χ3v) is 5.64. The number of nitrogens with one attached hydrogen (secondary N) is 1. The van der Waals surface area contributed by atoms with E-state index in [1.54, 1.807) is 11.8 Å². The van der Waals surface area contributed by atoms with Crippen LogP contribution in [-0.4, -0.2) is 26.9 Å². The van der Waals surface area contributed by atoms with Gasteiger partial charge in [0.15, 0.2) is 5.82 Å². The van der Waals surface area contributed by atoms with Crippen LogP contribution in [0.1, 0.15) is 41.0 Å². The van der Waals surface area contributed by atoms with Crippen molar-refractivity contribution in [2.75, 3.05) is 11.6 Å². The second kappa shape index (κ2) is 8.61. The highest BCUT2D eigenvalue weighted by Crippen LogP contribution is 2.25. The lowest BCUT2D eigenvalue weighted by Crippen LogP contribution is -2.12. The smallest absolute Gasteiger partial charge is 0.255 e. The van der Waals surface area contributed by atoms with Crippen LogP contribution in [0.2, 0.25) is 0 Å². The summed E-state index contributed by atoms with van der Waals surface area (Å²) in [6.45, 7) is 0.955. The van der Waals surface area contributed by atoms with E-state index in [0.717, 1.165) is 48.0 Å². The van der Waals surface area contributed by atoms with Gasteiger partial charge in [0.2, 0.25) is 0 Å². The van der Waals surface area contributed by atoms with Gasteiger partial charge in [-0.15, -0.1) is 10.2 Å². The van der Waals surface area contributed by atoms with Crippen molar-refractivity contribution in [2.24, 2.45) is 0 Å². The average Bonchev–Trinajstić information content (AvgIpc) is 2.97. The highest BCUT2D eigenvalue weighted by Gasteiger charge is 2.16. The van der Waals surface area contributed by atoms with Gasteiger partial charge in [0, 0.05) is 35.5 Å². The van der Waals surface area contributed by atoms with Gasteiger partial charge in [0.05, 0.1) is 0 Å². The molecule has 0 atom stereocenters. The van der Waals surface area contributed by atoms with Crippen molar-refractivity contribution in [3.8, 4) is 11.4 Å². The molecule has 0 fully saturated rings. The molecule has 5 nitrogen and oxygen atoms in total. The first kappa shape index (κ1) is 18.7. The first-order valence-corrected chi connectivity index (χ1v) is 11.1. The number of carbonyl (C=O) groups is 1. The Morgan fingerprint density at radius 1 is 1.11 bits per heavy atom. The van der Waals surface area contributed by atoms with Gasteiger partial charge < -0.3 is 9.88 Å². The Morgan fingerprint density at radius 2 is 1.96 bits per heavy atom. The van der Waals surface area contributed by atoms with E-state index in [9.17, 15) is 4.79 Å². The Kier molecular flexibility index (Phi) is 5.76. The van der Waals surface area contributed by atoms with Crippen molar-refractivity contribution < 1.29 is 4.79 Å². The van der Waals surface area contributed by atoms with Gasteiger partial charge in [-0.25, -0.2) is 0 Å². The molecule has 4 rings (SSSR count). The van der Waals surface area contributed by atoms with Crippen molar-refractivity contribution in [2.45, 2.75) is 38.0 Å². The summed E-state index contributed by atoms with van der Waals surface area (Å²) in [6.07, 6.45) is 6.61. The summed E-state index contributed by atoms with van der Waals surface area (Å²) < 4.78 is 2.22. The normalized spacial score (nSPS) is 13.6. The number of amides is 1. The zero-order valence-corrected chi connectivity index (χ0v) is 16.8. The molecule has 0 spiro atoms. The van der Waals surface area contributed by atoms with Crippen molar-refractivity contribution in [3.63, 3.8) is 0 Å². The highest BCUT2D eigenvalue weighted by molar-refractivity contribution is 7.97. The van der Waals surface area contributed by atoms with Crippen LogP contribution in [0, 0.1) is 0 Å². The summed E-state index contributed by atoms with van der Waals surface area (Å²) in [4.78, 5) is 12.6. The molecule has 6 heteroatoms. The summed E-state index contributed by atoms with van der Waals surface area (Å²) in [5.74, 6) is 2.79. The van der Waals surface area contributed by atoms with E-state index in [4.69, 9.17) is 0 Å². The molecule has 0 saturated carbocycles. The van der Waals surface area contributed by atoms with Crippen molar-refractivity contribution in [3.05, 3.63) is 65.5 Å². The summed E-state index contributed by atoms with van der Waals surface area (Å²) in [6, 6.07) is 15.6. The fraction of sp³-hybridized carbons (Fsp3) is 0.318. The number of aryl methyl sites for hydroxylation is 1. The Bertz CT molecular complexity index is 965. The van der Waals surface area contributed by atoms with E-state index in [-0.39, 0.29) is 5.91 Å². The van der Waals surface area contributed by atoms with Gasteiger partial charge >= 0.3 is 0 Å². The van der Waals surface area contributed by atoms with Gasteiger partial charge in [-0.1, -0.05) is 30.7 Å². The third kappa shape index (κ3) is 4.12. The molecule has 0 saturated heterocycles. The second-order valence-corrected chi connectivity index (χ2v) is 7.93. The molecule has 0 aliphatic carbocycles. The Balaban J connectivity index is 1.53. The fourth-order valence-electron chi connectivity index (χ4n) is 3.56. The van der Waals surface area contributed by atoms with E-state index >= 15 is 0 Å². The predicted octanol–water partition coefficient (Wildman–Crippen LogP) is 4.79. The summed E-state index contributed by atoms with van der Waals surface area (Å²) >= 11 is 1.77. The number of nitrogens with zero attached hydrogens (tertiary/aromatic N) is 3. The molecule has 0 bridgehead atoms. The molecule has 2 aromatic carbocycles. The first-order chi connectivity index (χ1) is 13.7. The standard InChI is InChI=1S/C22H24N4OS/c1-28-15-16-9-11-17(12-10-16)22(27)23-19-7-5-6-18(14-19)21-25-24-20-8-3-2-4-13-26(20)21/h5-7,9-12,14H,2-4,8,13,15H2,1H3,(H,23,27). The molecule has 144 valence electrons. The van der Waals surface area contributed by atoms with Crippen LogP contribution in [0.15, 0.2) is 48.5 Å².